The lowest BCUT2D eigenvalue weighted by Crippen LogP contribution is -2.37. The van der Waals surface area contributed by atoms with Gasteiger partial charge in [-0.1, -0.05) is 29.8 Å². The number of fused-ring (bicyclic) bond motifs is 1. The minimum Gasteiger partial charge on any atom is -0.453 e. The number of amides is 2. The van der Waals surface area contributed by atoms with Crippen LogP contribution in [-0.4, -0.2) is 60.1 Å². The van der Waals surface area contributed by atoms with Gasteiger partial charge >= 0.3 is 6.09 Å². The van der Waals surface area contributed by atoms with Crippen LogP contribution in [0.1, 0.15) is 16.8 Å². The summed E-state index contributed by atoms with van der Waals surface area (Å²) in [6, 6.07) is 13.2. The third kappa shape index (κ3) is 4.06. The van der Waals surface area contributed by atoms with Crippen LogP contribution in [0.25, 0.3) is 21.5 Å². The first kappa shape index (κ1) is 19.7. The van der Waals surface area contributed by atoms with E-state index in [9.17, 15) is 9.59 Å². The van der Waals surface area contributed by atoms with Crippen molar-refractivity contribution >= 4 is 45.8 Å². The Morgan fingerprint density at radius 2 is 1.83 bits per heavy atom. The SMILES string of the molecule is COC(=O)N1CCCN(C(=O)c2cc(-c3ccc(Cl)s3)nc3ccccc23)CC1. The number of hydrogen-bond acceptors (Lipinski definition) is 5. The summed E-state index contributed by atoms with van der Waals surface area (Å²) in [7, 11) is 1.37. The summed E-state index contributed by atoms with van der Waals surface area (Å²) < 4.78 is 5.49. The molecule has 0 bridgehead atoms. The van der Waals surface area contributed by atoms with Crippen LogP contribution in [0.3, 0.4) is 0 Å². The van der Waals surface area contributed by atoms with Gasteiger partial charge < -0.3 is 14.5 Å². The van der Waals surface area contributed by atoms with Gasteiger partial charge in [-0.3, -0.25) is 4.79 Å². The molecule has 8 heteroatoms. The molecule has 2 aromatic heterocycles. The topological polar surface area (TPSA) is 62.7 Å². The van der Waals surface area contributed by atoms with Crippen molar-refractivity contribution in [3.63, 3.8) is 0 Å². The van der Waals surface area contributed by atoms with Crippen LogP contribution < -0.4 is 0 Å². The minimum atomic E-state index is -0.356. The van der Waals surface area contributed by atoms with Gasteiger partial charge in [-0.2, -0.15) is 0 Å². The molecular weight excluding hydrogens is 410 g/mol. The molecule has 3 aromatic rings. The number of benzene rings is 1. The normalized spacial score (nSPS) is 14.7. The summed E-state index contributed by atoms with van der Waals surface area (Å²) in [5.74, 6) is -0.0563. The van der Waals surface area contributed by atoms with E-state index in [-0.39, 0.29) is 12.0 Å². The maximum absolute atomic E-state index is 13.4. The van der Waals surface area contributed by atoms with Crippen molar-refractivity contribution in [1.29, 1.82) is 0 Å². The Labute approximate surface area is 177 Å². The van der Waals surface area contributed by atoms with Crippen LogP contribution in [-0.2, 0) is 4.74 Å². The highest BCUT2D eigenvalue weighted by molar-refractivity contribution is 7.19. The number of halogens is 1. The van der Waals surface area contributed by atoms with Crippen molar-refractivity contribution in [2.24, 2.45) is 0 Å². The highest BCUT2D eigenvalue weighted by Gasteiger charge is 2.25. The lowest BCUT2D eigenvalue weighted by Gasteiger charge is -2.22. The van der Waals surface area contributed by atoms with Crippen LogP contribution in [0.15, 0.2) is 42.5 Å². The number of aromatic nitrogens is 1. The highest BCUT2D eigenvalue weighted by atomic mass is 35.5. The summed E-state index contributed by atoms with van der Waals surface area (Å²) in [5, 5.41) is 0.818. The smallest absolute Gasteiger partial charge is 0.409 e. The Kier molecular flexibility index (Phi) is 5.69. The maximum Gasteiger partial charge on any atom is 0.409 e. The van der Waals surface area contributed by atoms with Gasteiger partial charge in [0.1, 0.15) is 0 Å². The molecule has 6 nitrogen and oxygen atoms in total. The van der Waals surface area contributed by atoms with Crippen LogP contribution in [0.5, 0.6) is 0 Å². The van der Waals surface area contributed by atoms with E-state index in [1.165, 1.54) is 18.4 Å². The third-order valence-corrected chi connectivity index (χ3v) is 6.24. The van der Waals surface area contributed by atoms with Crippen molar-refractivity contribution in [1.82, 2.24) is 14.8 Å². The van der Waals surface area contributed by atoms with Crippen LogP contribution in [0.2, 0.25) is 4.34 Å². The predicted molar refractivity (Wildman–Crippen MR) is 115 cm³/mol. The van der Waals surface area contributed by atoms with Gasteiger partial charge in [0, 0.05) is 31.6 Å². The molecule has 1 saturated heterocycles. The van der Waals surface area contributed by atoms with Gasteiger partial charge in [0.05, 0.1) is 33.1 Å². The fourth-order valence-electron chi connectivity index (χ4n) is 3.53. The van der Waals surface area contributed by atoms with Gasteiger partial charge in [0.25, 0.3) is 5.91 Å². The largest absolute Gasteiger partial charge is 0.453 e. The Morgan fingerprint density at radius 3 is 2.59 bits per heavy atom. The van der Waals surface area contributed by atoms with Gasteiger partial charge in [-0.25, -0.2) is 9.78 Å². The molecule has 0 spiro atoms. The van der Waals surface area contributed by atoms with E-state index in [1.54, 1.807) is 9.80 Å². The first-order valence-electron chi connectivity index (χ1n) is 9.34. The van der Waals surface area contributed by atoms with Gasteiger partial charge in [-0.15, -0.1) is 11.3 Å². The van der Waals surface area contributed by atoms with Gasteiger partial charge in [0.15, 0.2) is 0 Å². The predicted octanol–water partition coefficient (Wildman–Crippen LogP) is 4.53. The van der Waals surface area contributed by atoms with E-state index < -0.39 is 0 Å². The zero-order valence-electron chi connectivity index (χ0n) is 15.9. The molecule has 4 rings (SSSR count). The number of ether oxygens (including phenoxy) is 1. The summed E-state index contributed by atoms with van der Waals surface area (Å²) >= 11 is 7.53. The maximum atomic E-state index is 13.4. The second kappa shape index (κ2) is 8.39. The molecule has 29 heavy (non-hydrogen) atoms. The molecule has 1 aliphatic heterocycles. The van der Waals surface area contributed by atoms with Crippen molar-refractivity contribution in [3.8, 4) is 10.6 Å². The average molecular weight is 430 g/mol. The highest BCUT2D eigenvalue weighted by Crippen LogP contribution is 2.32. The molecule has 2 amide bonds. The lowest BCUT2D eigenvalue weighted by molar-refractivity contribution is 0.0759. The standard InChI is InChI=1S/C21H20ClN3O3S/c1-28-21(27)25-10-4-9-24(11-12-25)20(26)15-13-17(18-7-8-19(22)29-18)23-16-6-3-2-5-14(15)16/h2-3,5-8,13H,4,9-12H2,1H3. The number of carbonyl (C=O) groups is 2. The van der Waals surface area contributed by atoms with Crippen LogP contribution in [0.4, 0.5) is 4.79 Å². The van der Waals surface area contributed by atoms with Crippen LogP contribution >= 0.6 is 22.9 Å². The molecule has 0 unspecified atom stereocenters. The number of nitrogens with zero attached hydrogens (tertiary/aromatic N) is 3. The van der Waals surface area contributed by atoms with Crippen molar-refractivity contribution in [2.45, 2.75) is 6.42 Å². The summed E-state index contributed by atoms with van der Waals surface area (Å²) in [6.07, 6.45) is 0.350. The van der Waals surface area contributed by atoms with E-state index in [4.69, 9.17) is 21.3 Å². The van der Waals surface area contributed by atoms with Gasteiger partial charge in [0.2, 0.25) is 0 Å². The van der Waals surface area contributed by atoms with E-state index in [1.807, 2.05) is 42.5 Å². The molecule has 0 N–H and O–H groups in total. The molecule has 0 radical (unpaired) electrons. The Morgan fingerprint density at radius 1 is 1.07 bits per heavy atom. The van der Waals surface area contributed by atoms with E-state index in [0.29, 0.717) is 42.5 Å². The number of rotatable bonds is 2. The zero-order chi connectivity index (χ0) is 20.4. The second-order valence-electron chi connectivity index (χ2n) is 6.78. The molecule has 0 aliphatic carbocycles. The first-order chi connectivity index (χ1) is 14.1. The fourth-order valence-corrected chi connectivity index (χ4v) is 4.54. The quantitative estimate of drug-likeness (QED) is 0.600. The molecular formula is C21H20ClN3O3S. The monoisotopic (exact) mass is 429 g/mol. The Bertz CT molecular complexity index is 1070. The molecule has 1 aromatic carbocycles. The molecule has 1 aliphatic rings. The van der Waals surface area contributed by atoms with Crippen molar-refractivity contribution in [2.75, 3.05) is 33.3 Å². The molecule has 1 fully saturated rings. The molecule has 0 saturated carbocycles. The summed E-state index contributed by atoms with van der Waals surface area (Å²) in [4.78, 5) is 34.3. The minimum absolute atomic E-state index is 0.0563. The Hall–Kier alpha value is -2.64. The fraction of sp³-hybridized carbons (Fsp3) is 0.286. The van der Waals surface area contributed by atoms with Gasteiger partial charge in [-0.05, 0) is 30.7 Å². The Balaban J connectivity index is 1.69. The average Bonchev–Trinajstić information content (AvgIpc) is 3.03. The number of carbonyl (C=O) groups excluding carboxylic acids is 2. The van der Waals surface area contributed by atoms with Crippen LogP contribution in [0, 0.1) is 0 Å². The van der Waals surface area contributed by atoms with E-state index >= 15 is 0 Å². The third-order valence-electron chi connectivity index (χ3n) is 4.99. The number of para-hydroxylation sites is 1. The van der Waals surface area contributed by atoms with E-state index in [0.717, 1.165) is 21.5 Å². The zero-order valence-corrected chi connectivity index (χ0v) is 17.5. The molecule has 150 valence electrons. The number of pyridine rings is 1. The lowest BCUT2D eigenvalue weighted by atomic mass is 10.1. The second-order valence-corrected chi connectivity index (χ2v) is 8.49. The van der Waals surface area contributed by atoms with Crippen molar-refractivity contribution < 1.29 is 14.3 Å². The number of thiophene rings is 1. The van der Waals surface area contributed by atoms with Crippen molar-refractivity contribution in [3.05, 3.63) is 52.4 Å². The number of methoxy groups -OCH3 is 1. The summed E-state index contributed by atoms with van der Waals surface area (Å²) in [6.45, 7) is 2.08. The molecule has 3 heterocycles. The molecule has 0 atom stereocenters. The first-order valence-corrected chi connectivity index (χ1v) is 10.5. The van der Waals surface area contributed by atoms with E-state index in [2.05, 4.69) is 0 Å². The summed E-state index contributed by atoms with van der Waals surface area (Å²) in [5.41, 5.74) is 2.11. The number of hydrogen-bond donors (Lipinski definition) is 0.